The first-order valence-electron chi connectivity index (χ1n) is 5.64. The zero-order valence-electron chi connectivity index (χ0n) is 10.1. The highest BCUT2D eigenvalue weighted by Crippen LogP contribution is 2.32. The van der Waals surface area contributed by atoms with Gasteiger partial charge >= 0.3 is 0 Å². The molecule has 0 heterocycles. The smallest absolute Gasteiger partial charge is 0.0644 e. The Balaban J connectivity index is 2.23. The fourth-order valence-electron chi connectivity index (χ4n) is 1.77. The molecule has 5 heteroatoms. The molecule has 0 saturated heterocycles. The standard InChI is InChI=1S/C14H11BrCl3N/c1-8(10-3-2-4-13(17)14(10)18)19-9-5-6-12(16)11(15)7-9/h2-8,19H,1H3. The van der Waals surface area contributed by atoms with Crippen LogP contribution < -0.4 is 5.32 Å². The monoisotopic (exact) mass is 377 g/mol. The van der Waals surface area contributed by atoms with E-state index in [1.165, 1.54) is 0 Å². The highest BCUT2D eigenvalue weighted by atomic mass is 79.9. The summed E-state index contributed by atoms with van der Waals surface area (Å²) in [6, 6.07) is 11.3. The van der Waals surface area contributed by atoms with Crippen LogP contribution in [0.2, 0.25) is 15.1 Å². The Morgan fingerprint density at radius 1 is 1.05 bits per heavy atom. The van der Waals surface area contributed by atoms with E-state index >= 15 is 0 Å². The van der Waals surface area contributed by atoms with Crippen LogP contribution in [0, 0.1) is 0 Å². The van der Waals surface area contributed by atoms with E-state index in [1.54, 1.807) is 6.07 Å². The third-order valence-corrected chi connectivity index (χ3v) is 4.80. The predicted molar refractivity (Wildman–Crippen MR) is 87.7 cm³/mol. The molecular weight excluding hydrogens is 368 g/mol. The number of hydrogen-bond acceptors (Lipinski definition) is 1. The minimum absolute atomic E-state index is 0.0410. The van der Waals surface area contributed by atoms with Gasteiger partial charge in [-0.1, -0.05) is 46.9 Å². The van der Waals surface area contributed by atoms with Crippen LogP contribution >= 0.6 is 50.7 Å². The van der Waals surface area contributed by atoms with Crippen molar-refractivity contribution >= 4 is 56.4 Å². The molecule has 2 aromatic rings. The summed E-state index contributed by atoms with van der Waals surface area (Å²) in [5, 5.41) is 5.18. The lowest BCUT2D eigenvalue weighted by molar-refractivity contribution is 0.885. The van der Waals surface area contributed by atoms with Crippen LogP contribution in [0.3, 0.4) is 0 Å². The molecule has 0 aromatic heterocycles. The molecule has 2 aromatic carbocycles. The summed E-state index contributed by atoms with van der Waals surface area (Å²) in [6.45, 7) is 2.03. The van der Waals surface area contributed by atoms with E-state index in [0.29, 0.717) is 15.1 Å². The SMILES string of the molecule is CC(Nc1ccc(Cl)c(Br)c1)c1cccc(Cl)c1Cl. The number of anilines is 1. The second kappa shape index (κ2) is 6.36. The van der Waals surface area contributed by atoms with Gasteiger partial charge in [0.1, 0.15) is 0 Å². The molecule has 1 atom stereocenters. The van der Waals surface area contributed by atoms with Gasteiger partial charge in [-0.2, -0.15) is 0 Å². The number of benzene rings is 2. The van der Waals surface area contributed by atoms with Gasteiger partial charge in [0.25, 0.3) is 0 Å². The van der Waals surface area contributed by atoms with E-state index in [2.05, 4.69) is 21.2 Å². The van der Waals surface area contributed by atoms with E-state index < -0.39 is 0 Å². The van der Waals surface area contributed by atoms with Gasteiger partial charge in [0.05, 0.1) is 21.1 Å². The van der Waals surface area contributed by atoms with Gasteiger partial charge in [0, 0.05) is 10.2 Å². The lowest BCUT2D eigenvalue weighted by Gasteiger charge is -2.18. The molecule has 19 heavy (non-hydrogen) atoms. The van der Waals surface area contributed by atoms with Gasteiger partial charge < -0.3 is 5.32 Å². The number of halogens is 4. The Bertz CT molecular complexity index is 601. The van der Waals surface area contributed by atoms with E-state index in [-0.39, 0.29) is 6.04 Å². The molecule has 0 bridgehead atoms. The normalized spacial score (nSPS) is 12.3. The van der Waals surface area contributed by atoms with E-state index in [9.17, 15) is 0 Å². The van der Waals surface area contributed by atoms with E-state index in [1.807, 2.05) is 37.3 Å². The topological polar surface area (TPSA) is 12.0 Å². The summed E-state index contributed by atoms with van der Waals surface area (Å²) in [6.07, 6.45) is 0. The Labute approximate surface area is 136 Å². The van der Waals surface area contributed by atoms with Crippen molar-refractivity contribution in [2.75, 3.05) is 5.32 Å². The Morgan fingerprint density at radius 3 is 2.47 bits per heavy atom. The molecule has 0 aliphatic rings. The quantitative estimate of drug-likeness (QED) is 0.635. The van der Waals surface area contributed by atoms with Gasteiger partial charge in [-0.25, -0.2) is 0 Å². The first-order chi connectivity index (χ1) is 8.99. The highest BCUT2D eigenvalue weighted by molar-refractivity contribution is 9.10. The minimum Gasteiger partial charge on any atom is -0.378 e. The lowest BCUT2D eigenvalue weighted by Crippen LogP contribution is -2.07. The Morgan fingerprint density at radius 2 is 1.79 bits per heavy atom. The molecular formula is C14H11BrCl3N. The molecule has 0 saturated carbocycles. The van der Waals surface area contributed by atoms with Crippen LogP contribution in [0.4, 0.5) is 5.69 Å². The summed E-state index contributed by atoms with van der Waals surface area (Å²) < 4.78 is 0.851. The average molecular weight is 380 g/mol. The maximum Gasteiger partial charge on any atom is 0.0644 e. The van der Waals surface area contributed by atoms with Crippen LogP contribution in [0.25, 0.3) is 0 Å². The second-order valence-corrected chi connectivity index (χ2v) is 6.18. The van der Waals surface area contributed by atoms with E-state index in [0.717, 1.165) is 15.7 Å². The summed E-state index contributed by atoms with van der Waals surface area (Å²) in [7, 11) is 0. The lowest BCUT2D eigenvalue weighted by atomic mass is 10.1. The molecule has 1 N–H and O–H groups in total. The molecule has 0 aliphatic carbocycles. The number of rotatable bonds is 3. The van der Waals surface area contributed by atoms with Gasteiger partial charge in [0.2, 0.25) is 0 Å². The van der Waals surface area contributed by atoms with Crippen molar-refractivity contribution in [2.45, 2.75) is 13.0 Å². The fourth-order valence-corrected chi connectivity index (χ4v) is 2.74. The van der Waals surface area contributed by atoms with Crippen molar-refractivity contribution in [1.29, 1.82) is 0 Å². The largest absolute Gasteiger partial charge is 0.378 e. The summed E-state index contributed by atoms with van der Waals surface area (Å²) >= 11 is 21.6. The predicted octanol–water partition coefficient (Wildman–Crippen LogP) is 6.58. The second-order valence-electron chi connectivity index (χ2n) is 4.14. The highest BCUT2D eigenvalue weighted by Gasteiger charge is 2.12. The molecule has 2 rings (SSSR count). The Hall–Kier alpha value is -0.410. The molecule has 1 nitrogen and oxygen atoms in total. The zero-order chi connectivity index (χ0) is 14.0. The zero-order valence-corrected chi connectivity index (χ0v) is 13.9. The van der Waals surface area contributed by atoms with Crippen LogP contribution in [0.5, 0.6) is 0 Å². The maximum absolute atomic E-state index is 6.21. The molecule has 0 aliphatic heterocycles. The van der Waals surface area contributed by atoms with Crippen LogP contribution in [-0.2, 0) is 0 Å². The third kappa shape index (κ3) is 3.57. The molecule has 0 radical (unpaired) electrons. The van der Waals surface area contributed by atoms with Crippen molar-refractivity contribution in [1.82, 2.24) is 0 Å². The van der Waals surface area contributed by atoms with Crippen molar-refractivity contribution in [2.24, 2.45) is 0 Å². The van der Waals surface area contributed by atoms with Crippen LogP contribution in [-0.4, -0.2) is 0 Å². The van der Waals surface area contributed by atoms with Crippen LogP contribution in [0.1, 0.15) is 18.5 Å². The maximum atomic E-state index is 6.21. The molecule has 0 amide bonds. The van der Waals surface area contributed by atoms with Gasteiger partial charge in [-0.3, -0.25) is 0 Å². The molecule has 0 spiro atoms. The first kappa shape index (κ1) is 15.0. The molecule has 0 fully saturated rings. The fraction of sp³-hybridized carbons (Fsp3) is 0.143. The van der Waals surface area contributed by atoms with Crippen molar-refractivity contribution < 1.29 is 0 Å². The van der Waals surface area contributed by atoms with Crippen molar-refractivity contribution in [3.8, 4) is 0 Å². The minimum atomic E-state index is 0.0410. The third-order valence-electron chi connectivity index (χ3n) is 2.75. The van der Waals surface area contributed by atoms with Crippen LogP contribution in [0.15, 0.2) is 40.9 Å². The molecule has 1 unspecified atom stereocenters. The van der Waals surface area contributed by atoms with Gasteiger partial charge in [-0.05, 0) is 52.7 Å². The van der Waals surface area contributed by atoms with Gasteiger partial charge in [0.15, 0.2) is 0 Å². The van der Waals surface area contributed by atoms with Crippen molar-refractivity contribution in [3.05, 3.63) is 61.5 Å². The first-order valence-corrected chi connectivity index (χ1v) is 7.57. The Kier molecular flexibility index (Phi) is 5.02. The number of nitrogens with one attached hydrogen (secondary N) is 1. The van der Waals surface area contributed by atoms with E-state index in [4.69, 9.17) is 34.8 Å². The summed E-state index contributed by atoms with van der Waals surface area (Å²) in [4.78, 5) is 0. The van der Waals surface area contributed by atoms with Crippen molar-refractivity contribution in [3.63, 3.8) is 0 Å². The average Bonchev–Trinajstić information content (AvgIpc) is 2.37. The summed E-state index contributed by atoms with van der Waals surface area (Å²) in [5.41, 5.74) is 1.92. The van der Waals surface area contributed by atoms with Gasteiger partial charge in [-0.15, -0.1) is 0 Å². The number of hydrogen-bond donors (Lipinski definition) is 1. The molecule has 100 valence electrons. The summed E-state index contributed by atoms with van der Waals surface area (Å²) in [5.74, 6) is 0.